The van der Waals surface area contributed by atoms with Crippen LogP contribution < -0.4 is 4.74 Å². The molecule has 0 saturated heterocycles. The Labute approximate surface area is 140 Å². The van der Waals surface area contributed by atoms with Crippen LogP contribution in [0.15, 0.2) is 30.6 Å². The van der Waals surface area contributed by atoms with Gasteiger partial charge in [0.05, 0.1) is 6.10 Å². The summed E-state index contributed by atoms with van der Waals surface area (Å²) in [5.74, 6) is 0.787. The van der Waals surface area contributed by atoms with E-state index in [1.165, 1.54) is 23.3 Å². The highest BCUT2D eigenvalue weighted by Crippen LogP contribution is 2.23. The number of esters is 1. The predicted octanol–water partition coefficient (Wildman–Crippen LogP) is 2.66. The molecule has 2 aromatic rings. The van der Waals surface area contributed by atoms with Gasteiger partial charge < -0.3 is 14.2 Å². The Bertz CT molecular complexity index is 722. The van der Waals surface area contributed by atoms with Crippen molar-refractivity contribution in [3.05, 3.63) is 36.2 Å². The first-order valence-corrected chi connectivity index (χ1v) is 7.51. The topological polar surface area (TPSA) is 75.5 Å². The van der Waals surface area contributed by atoms with Gasteiger partial charge in [0.2, 0.25) is 0 Å². The maximum absolute atomic E-state index is 11.5. The number of hydrogen-bond acceptors (Lipinski definition) is 6. The predicted molar refractivity (Wildman–Crippen MR) is 89.3 cm³/mol. The zero-order chi connectivity index (χ0) is 17.5. The zero-order valence-electron chi connectivity index (χ0n) is 14.2. The van der Waals surface area contributed by atoms with Crippen molar-refractivity contribution in [1.82, 2.24) is 14.8 Å². The SMILES string of the molecule is COCOc1cc(C)cc(-c2ncn(/C=C\C(=O)OC(C)C)n2)c1. The molecule has 0 unspecified atom stereocenters. The minimum absolute atomic E-state index is 0.161. The van der Waals surface area contributed by atoms with Gasteiger partial charge in [-0.05, 0) is 44.5 Å². The van der Waals surface area contributed by atoms with Gasteiger partial charge >= 0.3 is 5.97 Å². The van der Waals surface area contributed by atoms with Gasteiger partial charge in [-0.2, -0.15) is 0 Å². The van der Waals surface area contributed by atoms with Crippen LogP contribution in [0, 0.1) is 6.92 Å². The van der Waals surface area contributed by atoms with Crippen molar-refractivity contribution in [2.24, 2.45) is 0 Å². The van der Waals surface area contributed by atoms with Crippen LogP contribution in [0.25, 0.3) is 17.6 Å². The van der Waals surface area contributed by atoms with E-state index in [9.17, 15) is 4.79 Å². The smallest absolute Gasteiger partial charge is 0.332 e. The lowest BCUT2D eigenvalue weighted by molar-refractivity contribution is -0.141. The first kappa shape index (κ1) is 17.7. The molecule has 1 aromatic carbocycles. The quantitative estimate of drug-likeness (QED) is 0.441. The molecule has 0 N–H and O–H groups in total. The molecule has 1 heterocycles. The lowest BCUT2D eigenvalue weighted by Crippen LogP contribution is -2.08. The van der Waals surface area contributed by atoms with Gasteiger partial charge in [-0.15, -0.1) is 5.10 Å². The number of ether oxygens (including phenoxy) is 3. The first-order chi connectivity index (χ1) is 11.5. The molecular formula is C17H21N3O4. The molecule has 1 aromatic heterocycles. The van der Waals surface area contributed by atoms with Gasteiger partial charge in [-0.1, -0.05) is 0 Å². The Morgan fingerprint density at radius 1 is 1.33 bits per heavy atom. The van der Waals surface area contributed by atoms with E-state index < -0.39 is 5.97 Å². The maximum atomic E-state index is 11.5. The van der Waals surface area contributed by atoms with Crippen molar-refractivity contribution >= 4 is 12.2 Å². The second-order valence-corrected chi connectivity index (χ2v) is 5.44. The summed E-state index contributed by atoms with van der Waals surface area (Å²) in [7, 11) is 1.57. The van der Waals surface area contributed by atoms with Crippen LogP contribution in [0.4, 0.5) is 0 Å². The number of aryl methyl sites for hydroxylation is 1. The van der Waals surface area contributed by atoms with Crippen LogP contribution >= 0.6 is 0 Å². The fraction of sp³-hybridized carbons (Fsp3) is 0.353. The molecule has 0 aliphatic carbocycles. The molecule has 128 valence electrons. The monoisotopic (exact) mass is 331 g/mol. The molecule has 0 spiro atoms. The molecule has 0 fully saturated rings. The molecular weight excluding hydrogens is 310 g/mol. The first-order valence-electron chi connectivity index (χ1n) is 7.51. The van der Waals surface area contributed by atoms with Gasteiger partial charge in [-0.25, -0.2) is 14.5 Å². The van der Waals surface area contributed by atoms with Gasteiger partial charge in [0.25, 0.3) is 0 Å². The number of carbonyl (C=O) groups excluding carboxylic acids is 1. The van der Waals surface area contributed by atoms with Crippen molar-refractivity contribution in [2.75, 3.05) is 13.9 Å². The Morgan fingerprint density at radius 2 is 2.12 bits per heavy atom. The number of aromatic nitrogens is 3. The highest BCUT2D eigenvalue weighted by Gasteiger charge is 2.07. The second kappa shape index (κ2) is 8.26. The Hall–Kier alpha value is -2.67. The lowest BCUT2D eigenvalue weighted by Gasteiger charge is -2.07. The van der Waals surface area contributed by atoms with Gasteiger partial charge in [0.1, 0.15) is 12.1 Å². The van der Waals surface area contributed by atoms with E-state index >= 15 is 0 Å². The third-order valence-electron chi connectivity index (χ3n) is 2.88. The fourth-order valence-electron chi connectivity index (χ4n) is 1.98. The third-order valence-corrected chi connectivity index (χ3v) is 2.88. The van der Waals surface area contributed by atoms with Crippen LogP contribution in [-0.4, -0.2) is 40.7 Å². The van der Waals surface area contributed by atoms with Crippen molar-refractivity contribution in [3.63, 3.8) is 0 Å². The Balaban J connectivity index is 2.14. The molecule has 0 radical (unpaired) electrons. The van der Waals surface area contributed by atoms with Crippen molar-refractivity contribution < 1.29 is 19.0 Å². The van der Waals surface area contributed by atoms with Crippen molar-refractivity contribution in [2.45, 2.75) is 26.9 Å². The summed E-state index contributed by atoms with van der Waals surface area (Å²) in [6, 6.07) is 5.69. The van der Waals surface area contributed by atoms with Crippen LogP contribution in [0.1, 0.15) is 19.4 Å². The molecule has 7 nitrogen and oxygen atoms in total. The number of nitrogens with zero attached hydrogens (tertiary/aromatic N) is 3. The highest BCUT2D eigenvalue weighted by atomic mass is 16.7. The van der Waals surface area contributed by atoms with Crippen LogP contribution in [0.3, 0.4) is 0 Å². The van der Waals surface area contributed by atoms with Gasteiger partial charge in [0, 0.05) is 24.9 Å². The molecule has 0 saturated carbocycles. The largest absolute Gasteiger partial charge is 0.468 e. The van der Waals surface area contributed by atoms with E-state index in [0.29, 0.717) is 11.6 Å². The van der Waals surface area contributed by atoms with Gasteiger partial charge in [-0.3, -0.25) is 0 Å². The van der Waals surface area contributed by atoms with E-state index in [1.54, 1.807) is 21.0 Å². The molecule has 0 aliphatic heterocycles. The number of rotatable bonds is 7. The molecule has 0 amide bonds. The molecule has 2 rings (SSSR count). The number of hydrogen-bond donors (Lipinski definition) is 0. The second-order valence-electron chi connectivity index (χ2n) is 5.44. The van der Waals surface area contributed by atoms with Crippen LogP contribution in [-0.2, 0) is 14.3 Å². The fourth-order valence-corrected chi connectivity index (χ4v) is 1.98. The summed E-state index contributed by atoms with van der Waals surface area (Å²) >= 11 is 0. The van der Waals surface area contributed by atoms with Crippen LogP contribution in [0.5, 0.6) is 5.75 Å². The average Bonchev–Trinajstić information content (AvgIpc) is 2.99. The van der Waals surface area contributed by atoms with E-state index in [-0.39, 0.29) is 12.9 Å². The normalized spacial score (nSPS) is 11.2. The molecule has 0 bridgehead atoms. The minimum Gasteiger partial charge on any atom is -0.468 e. The van der Waals surface area contributed by atoms with Crippen molar-refractivity contribution in [1.29, 1.82) is 0 Å². The number of methoxy groups -OCH3 is 1. The molecule has 7 heteroatoms. The third kappa shape index (κ3) is 5.20. The summed E-state index contributed by atoms with van der Waals surface area (Å²) in [5.41, 5.74) is 1.84. The zero-order valence-corrected chi connectivity index (χ0v) is 14.2. The molecule has 0 atom stereocenters. The van der Waals surface area contributed by atoms with E-state index in [2.05, 4.69) is 10.1 Å². The van der Waals surface area contributed by atoms with Crippen LogP contribution in [0.2, 0.25) is 0 Å². The van der Waals surface area contributed by atoms with Gasteiger partial charge in [0.15, 0.2) is 12.6 Å². The minimum atomic E-state index is -0.423. The Kier molecular flexibility index (Phi) is 6.08. The summed E-state index contributed by atoms with van der Waals surface area (Å²) < 4.78 is 16.8. The number of benzene rings is 1. The Morgan fingerprint density at radius 3 is 2.83 bits per heavy atom. The summed E-state index contributed by atoms with van der Waals surface area (Å²) in [6.45, 7) is 5.72. The summed E-state index contributed by atoms with van der Waals surface area (Å²) in [4.78, 5) is 15.7. The number of carbonyl (C=O) groups is 1. The lowest BCUT2D eigenvalue weighted by atomic mass is 10.1. The maximum Gasteiger partial charge on any atom is 0.332 e. The summed E-state index contributed by atoms with van der Waals surface area (Å²) in [6.07, 6.45) is 4.17. The van der Waals surface area contributed by atoms with Crippen molar-refractivity contribution in [3.8, 4) is 17.1 Å². The molecule has 0 aliphatic rings. The standard InChI is InChI=1S/C17H21N3O4/c1-12(2)24-16(21)5-6-20-10-18-17(19-20)14-7-13(3)8-15(9-14)23-11-22-4/h5-10,12H,11H2,1-4H3/b6-5-. The molecule has 24 heavy (non-hydrogen) atoms. The van der Waals surface area contributed by atoms with E-state index in [1.807, 2.05) is 25.1 Å². The highest BCUT2D eigenvalue weighted by molar-refractivity contribution is 5.85. The van der Waals surface area contributed by atoms with E-state index in [0.717, 1.165) is 11.1 Å². The average molecular weight is 331 g/mol. The summed E-state index contributed by atoms with van der Waals surface area (Å²) in [5, 5.41) is 4.32. The van der Waals surface area contributed by atoms with E-state index in [4.69, 9.17) is 14.2 Å².